The van der Waals surface area contributed by atoms with E-state index >= 15 is 0 Å². The van der Waals surface area contributed by atoms with Crippen molar-refractivity contribution in [3.63, 3.8) is 0 Å². The van der Waals surface area contributed by atoms with Gasteiger partial charge in [-0.2, -0.15) is 5.10 Å². The fourth-order valence-electron chi connectivity index (χ4n) is 1.93. The third kappa shape index (κ3) is 3.09. The largest absolute Gasteiger partial charge is 0.271 e. The number of rotatable bonds is 5. The summed E-state index contributed by atoms with van der Waals surface area (Å²) in [5.41, 5.74) is 3.01. The van der Waals surface area contributed by atoms with E-state index in [1.807, 2.05) is 6.92 Å². The molecular weight excluding hydrogens is 269 g/mol. The van der Waals surface area contributed by atoms with Crippen molar-refractivity contribution in [3.8, 4) is 0 Å². The Morgan fingerprint density at radius 1 is 1.53 bits per heavy atom. The van der Waals surface area contributed by atoms with E-state index in [-0.39, 0.29) is 5.82 Å². The van der Waals surface area contributed by atoms with Gasteiger partial charge in [0.2, 0.25) is 0 Å². The van der Waals surface area contributed by atoms with Gasteiger partial charge in [-0.3, -0.25) is 16.0 Å². The molecule has 1 unspecified atom stereocenters. The first-order valence-corrected chi connectivity index (χ1v) is 6.31. The average molecular weight is 284 g/mol. The summed E-state index contributed by atoms with van der Waals surface area (Å²) >= 11 is 5.89. The lowest BCUT2D eigenvalue weighted by molar-refractivity contribution is 0.485. The second-order valence-corrected chi connectivity index (χ2v) is 4.52. The van der Waals surface area contributed by atoms with Crippen LogP contribution >= 0.6 is 11.6 Å². The van der Waals surface area contributed by atoms with Gasteiger partial charge >= 0.3 is 0 Å². The minimum absolute atomic E-state index is 0.352. The first kappa shape index (κ1) is 13.9. The summed E-state index contributed by atoms with van der Waals surface area (Å²) in [6.45, 7) is 2.66. The van der Waals surface area contributed by atoms with Gasteiger partial charge in [-0.15, -0.1) is 0 Å². The normalized spacial score (nSPS) is 12.6. The number of hydrogen-bond donors (Lipinski definition) is 2. The van der Waals surface area contributed by atoms with Crippen LogP contribution in [0.4, 0.5) is 4.39 Å². The van der Waals surface area contributed by atoms with Crippen LogP contribution in [0.25, 0.3) is 0 Å². The van der Waals surface area contributed by atoms with Crippen LogP contribution in [0.1, 0.15) is 24.4 Å². The topological polar surface area (TPSA) is 68.8 Å². The molecule has 0 bridgehead atoms. The summed E-state index contributed by atoms with van der Waals surface area (Å²) in [7, 11) is 0. The number of nitrogens with one attached hydrogen (secondary N) is 1. The fourth-order valence-corrected chi connectivity index (χ4v) is 2.11. The van der Waals surface area contributed by atoms with Crippen LogP contribution in [0.2, 0.25) is 5.02 Å². The third-order valence-electron chi connectivity index (χ3n) is 2.92. The number of nitrogens with two attached hydrogens (primary N) is 1. The number of hydrazine groups is 1. The maximum atomic E-state index is 13.8. The van der Waals surface area contributed by atoms with E-state index in [0.29, 0.717) is 23.6 Å². The molecule has 0 saturated heterocycles. The molecule has 7 heteroatoms. The molecular formula is C12H15ClFN5. The average Bonchev–Trinajstić information content (AvgIpc) is 2.86. The Balaban J connectivity index is 2.27. The van der Waals surface area contributed by atoms with Crippen molar-refractivity contribution in [1.82, 2.24) is 20.2 Å². The van der Waals surface area contributed by atoms with Crippen molar-refractivity contribution < 1.29 is 4.39 Å². The van der Waals surface area contributed by atoms with Gasteiger partial charge in [0, 0.05) is 23.6 Å². The molecule has 3 N–H and O–H groups in total. The summed E-state index contributed by atoms with van der Waals surface area (Å²) in [6, 6.07) is 3.98. The highest BCUT2D eigenvalue weighted by Crippen LogP contribution is 2.23. The minimum atomic E-state index is -0.409. The minimum Gasteiger partial charge on any atom is -0.271 e. The number of aromatic nitrogens is 3. The molecule has 0 aliphatic rings. The molecule has 0 saturated carbocycles. The van der Waals surface area contributed by atoms with E-state index in [2.05, 4.69) is 15.5 Å². The summed E-state index contributed by atoms with van der Waals surface area (Å²) in [5, 5.41) is 4.54. The van der Waals surface area contributed by atoms with Gasteiger partial charge in [-0.1, -0.05) is 11.6 Å². The molecule has 0 fully saturated rings. The molecule has 1 aromatic carbocycles. The molecule has 1 heterocycles. The zero-order valence-corrected chi connectivity index (χ0v) is 11.2. The Kier molecular flexibility index (Phi) is 4.47. The highest BCUT2D eigenvalue weighted by atomic mass is 35.5. The van der Waals surface area contributed by atoms with Crippen LogP contribution < -0.4 is 11.3 Å². The van der Waals surface area contributed by atoms with E-state index in [4.69, 9.17) is 17.4 Å². The van der Waals surface area contributed by atoms with Crippen molar-refractivity contribution in [3.05, 3.63) is 46.8 Å². The Labute approximate surface area is 115 Å². The highest BCUT2D eigenvalue weighted by Gasteiger charge is 2.18. The predicted molar refractivity (Wildman–Crippen MR) is 70.9 cm³/mol. The van der Waals surface area contributed by atoms with Crippen LogP contribution in [0.3, 0.4) is 0 Å². The summed E-state index contributed by atoms with van der Waals surface area (Å²) in [4.78, 5) is 4.15. The lowest BCUT2D eigenvalue weighted by atomic mass is 10.0. The Bertz CT molecular complexity index is 557. The lowest BCUT2D eigenvalue weighted by Crippen LogP contribution is -2.31. The van der Waals surface area contributed by atoms with Crippen molar-refractivity contribution in [2.45, 2.75) is 25.9 Å². The molecule has 0 aliphatic carbocycles. The first-order chi connectivity index (χ1) is 9.15. The van der Waals surface area contributed by atoms with Crippen molar-refractivity contribution >= 4 is 11.6 Å². The zero-order valence-electron chi connectivity index (χ0n) is 10.5. The number of hydrogen-bond acceptors (Lipinski definition) is 4. The second kappa shape index (κ2) is 6.10. The van der Waals surface area contributed by atoms with Gasteiger partial charge in [-0.25, -0.2) is 9.37 Å². The standard InChI is InChI=1S/C12H15ClFN5/c1-2-19-12(16-7-17-19)6-11(18-15)9-5-8(13)3-4-10(9)14/h3-5,7,11,18H,2,6,15H2,1H3. The smallest absolute Gasteiger partial charge is 0.138 e. The molecule has 2 aromatic rings. The molecule has 0 aliphatic heterocycles. The highest BCUT2D eigenvalue weighted by molar-refractivity contribution is 6.30. The van der Waals surface area contributed by atoms with Crippen LogP contribution in [-0.4, -0.2) is 14.8 Å². The van der Waals surface area contributed by atoms with E-state index in [1.165, 1.54) is 18.5 Å². The van der Waals surface area contributed by atoms with Crippen LogP contribution in [-0.2, 0) is 13.0 Å². The molecule has 5 nitrogen and oxygen atoms in total. The summed E-state index contributed by atoms with van der Waals surface area (Å²) in [5.74, 6) is 5.90. The fraction of sp³-hybridized carbons (Fsp3) is 0.333. The molecule has 0 radical (unpaired) electrons. The van der Waals surface area contributed by atoms with E-state index in [9.17, 15) is 4.39 Å². The molecule has 0 spiro atoms. The number of halogens is 2. The summed E-state index contributed by atoms with van der Waals surface area (Å²) in [6.07, 6.45) is 1.91. The van der Waals surface area contributed by atoms with Gasteiger partial charge in [0.1, 0.15) is 18.0 Å². The monoisotopic (exact) mass is 283 g/mol. The lowest BCUT2D eigenvalue weighted by Gasteiger charge is -2.17. The van der Waals surface area contributed by atoms with E-state index in [0.717, 1.165) is 5.82 Å². The number of nitrogens with zero attached hydrogens (tertiary/aromatic N) is 3. The van der Waals surface area contributed by atoms with Crippen molar-refractivity contribution in [1.29, 1.82) is 0 Å². The summed E-state index contributed by atoms with van der Waals surface area (Å²) < 4.78 is 15.6. The number of benzene rings is 1. The Morgan fingerprint density at radius 3 is 3.00 bits per heavy atom. The Hall–Kier alpha value is -1.50. The molecule has 1 aromatic heterocycles. The molecule has 102 valence electrons. The molecule has 19 heavy (non-hydrogen) atoms. The van der Waals surface area contributed by atoms with Crippen LogP contribution in [0, 0.1) is 5.82 Å². The van der Waals surface area contributed by atoms with Crippen molar-refractivity contribution in [2.75, 3.05) is 0 Å². The maximum Gasteiger partial charge on any atom is 0.138 e. The van der Waals surface area contributed by atoms with Crippen LogP contribution in [0.15, 0.2) is 24.5 Å². The van der Waals surface area contributed by atoms with E-state index < -0.39 is 6.04 Å². The predicted octanol–water partition coefficient (Wildman–Crippen LogP) is 1.84. The SMILES string of the molecule is CCn1ncnc1CC(NN)c1cc(Cl)ccc1F. The van der Waals surface area contributed by atoms with Gasteiger partial charge < -0.3 is 0 Å². The van der Waals surface area contributed by atoms with Gasteiger partial charge in [0.25, 0.3) is 0 Å². The molecule has 2 rings (SSSR count). The zero-order chi connectivity index (χ0) is 13.8. The molecule has 1 atom stereocenters. The number of aryl methyl sites for hydroxylation is 1. The van der Waals surface area contributed by atoms with Gasteiger partial charge in [0.05, 0.1) is 6.04 Å². The van der Waals surface area contributed by atoms with Crippen LogP contribution in [0.5, 0.6) is 0 Å². The van der Waals surface area contributed by atoms with E-state index in [1.54, 1.807) is 10.7 Å². The van der Waals surface area contributed by atoms with Crippen molar-refractivity contribution in [2.24, 2.45) is 5.84 Å². The quantitative estimate of drug-likeness (QED) is 0.649. The Morgan fingerprint density at radius 2 is 2.32 bits per heavy atom. The maximum absolute atomic E-state index is 13.8. The van der Waals surface area contributed by atoms with Gasteiger partial charge in [-0.05, 0) is 25.1 Å². The molecule has 0 amide bonds. The first-order valence-electron chi connectivity index (χ1n) is 5.93. The third-order valence-corrected chi connectivity index (χ3v) is 3.15. The second-order valence-electron chi connectivity index (χ2n) is 4.08. The van der Waals surface area contributed by atoms with Gasteiger partial charge in [0.15, 0.2) is 0 Å².